The van der Waals surface area contributed by atoms with Crippen LogP contribution in [0.15, 0.2) is 71.8 Å². The first-order valence-corrected chi connectivity index (χ1v) is 8.48. The van der Waals surface area contributed by atoms with Crippen molar-refractivity contribution in [3.8, 4) is 5.69 Å². The summed E-state index contributed by atoms with van der Waals surface area (Å²) in [5.74, 6) is 0.383. The fourth-order valence-electron chi connectivity index (χ4n) is 2.15. The molecule has 0 spiro atoms. The number of sulfonamides is 1. The smallest absolute Gasteiger partial charge is 0.263 e. The largest absolute Gasteiger partial charge is 0.388 e. The molecule has 0 aliphatic carbocycles. The van der Waals surface area contributed by atoms with Crippen LogP contribution in [0.2, 0.25) is 0 Å². The highest BCUT2D eigenvalue weighted by atomic mass is 32.2. The molecule has 1 heterocycles. The molecule has 0 radical (unpaired) electrons. The van der Waals surface area contributed by atoms with Gasteiger partial charge in [-0.15, -0.1) is 0 Å². The summed E-state index contributed by atoms with van der Waals surface area (Å²) < 4.78 is 29.1. The highest BCUT2D eigenvalue weighted by molar-refractivity contribution is 7.92. The van der Waals surface area contributed by atoms with Crippen molar-refractivity contribution >= 4 is 21.5 Å². The predicted octanol–water partition coefficient (Wildman–Crippen LogP) is 2.71. The lowest BCUT2D eigenvalue weighted by atomic mass is 10.3. The summed E-state index contributed by atoms with van der Waals surface area (Å²) >= 11 is 0. The fourth-order valence-corrected chi connectivity index (χ4v) is 3.20. The maximum absolute atomic E-state index is 12.5. The highest BCUT2D eigenvalue weighted by Crippen LogP contribution is 2.20. The third-order valence-corrected chi connectivity index (χ3v) is 4.71. The molecule has 0 fully saturated rings. The lowest BCUT2D eigenvalue weighted by Crippen LogP contribution is -2.15. The monoisotopic (exact) mass is 328 g/mol. The molecule has 0 amide bonds. The van der Waals surface area contributed by atoms with Crippen LogP contribution in [0.5, 0.6) is 0 Å². The van der Waals surface area contributed by atoms with Gasteiger partial charge in [0.25, 0.3) is 10.0 Å². The molecule has 3 rings (SSSR count). The molecule has 0 saturated carbocycles. The van der Waals surface area contributed by atoms with Gasteiger partial charge in [0.2, 0.25) is 0 Å². The second-order valence-corrected chi connectivity index (χ2v) is 6.53. The Morgan fingerprint density at radius 2 is 1.65 bits per heavy atom. The van der Waals surface area contributed by atoms with E-state index in [0.717, 1.165) is 11.4 Å². The van der Waals surface area contributed by atoms with Crippen molar-refractivity contribution in [2.24, 2.45) is 0 Å². The van der Waals surface area contributed by atoms with Gasteiger partial charge >= 0.3 is 0 Å². The number of para-hydroxylation sites is 1. The summed E-state index contributed by atoms with van der Waals surface area (Å²) in [5, 5.41) is 7.12. The number of hydrogen-bond donors (Lipinski definition) is 2. The first kappa shape index (κ1) is 15.1. The maximum atomic E-state index is 12.5. The fraction of sp³-hybridized carbons (Fsp3) is 0.0625. The van der Waals surface area contributed by atoms with Gasteiger partial charge in [0.15, 0.2) is 0 Å². The first-order valence-electron chi connectivity index (χ1n) is 7.00. The van der Waals surface area contributed by atoms with Crippen molar-refractivity contribution in [2.45, 2.75) is 4.90 Å². The van der Waals surface area contributed by atoms with Crippen molar-refractivity contribution in [1.29, 1.82) is 0 Å². The molecule has 7 heteroatoms. The molecule has 0 aliphatic rings. The van der Waals surface area contributed by atoms with E-state index < -0.39 is 10.0 Å². The number of benzene rings is 2. The Balaban J connectivity index is 1.91. The SMILES string of the molecule is CNc1ccc(S(=O)(=O)Nc2ccnn2-c2ccccc2)cc1. The maximum Gasteiger partial charge on any atom is 0.263 e. The zero-order valence-electron chi connectivity index (χ0n) is 12.5. The van der Waals surface area contributed by atoms with Crippen molar-refractivity contribution < 1.29 is 8.42 Å². The summed E-state index contributed by atoms with van der Waals surface area (Å²) in [6, 6.07) is 17.5. The second-order valence-electron chi connectivity index (χ2n) is 4.84. The van der Waals surface area contributed by atoms with E-state index in [9.17, 15) is 8.42 Å². The zero-order chi connectivity index (χ0) is 16.3. The van der Waals surface area contributed by atoms with E-state index in [-0.39, 0.29) is 4.90 Å². The Bertz CT molecular complexity index is 887. The Hall–Kier alpha value is -2.80. The average molecular weight is 328 g/mol. The van der Waals surface area contributed by atoms with Crippen LogP contribution in [-0.2, 0) is 10.0 Å². The zero-order valence-corrected chi connectivity index (χ0v) is 13.3. The van der Waals surface area contributed by atoms with Crippen molar-refractivity contribution in [3.05, 3.63) is 66.9 Å². The van der Waals surface area contributed by atoms with Gasteiger partial charge in [-0.1, -0.05) is 18.2 Å². The summed E-state index contributed by atoms with van der Waals surface area (Å²) in [4.78, 5) is 0.192. The number of hydrogen-bond acceptors (Lipinski definition) is 4. The van der Waals surface area contributed by atoms with Gasteiger partial charge in [0.1, 0.15) is 5.82 Å². The summed E-state index contributed by atoms with van der Waals surface area (Å²) in [5.41, 5.74) is 1.62. The van der Waals surface area contributed by atoms with E-state index in [1.54, 1.807) is 48.3 Å². The van der Waals surface area contributed by atoms with Crippen molar-refractivity contribution in [3.63, 3.8) is 0 Å². The van der Waals surface area contributed by atoms with Gasteiger partial charge in [-0.05, 0) is 36.4 Å². The first-order chi connectivity index (χ1) is 11.1. The van der Waals surface area contributed by atoms with Crippen LogP contribution in [0.25, 0.3) is 5.69 Å². The molecule has 23 heavy (non-hydrogen) atoms. The van der Waals surface area contributed by atoms with Gasteiger partial charge in [0.05, 0.1) is 16.8 Å². The number of aromatic nitrogens is 2. The highest BCUT2D eigenvalue weighted by Gasteiger charge is 2.16. The van der Waals surface area contributed by atoms with Gasteiger partial charge in [-0.3, -0.25) is 4.72 Å². The summed E-state index contributed by atoms with van der Waals surface area (Å²) in [6.07, 6.45) is 1.55. The minimum absolute atomic E-state index is 0.192. The number of rotatable bonds is 5. The Morgan fingerprint density at radius 3 is 2.30 bits per heavy atom. The van der Waals surface area contributed by atoms with E-state index in [1.165, 1.54) is 0 Å². The Labute approximate surface area is 134 Å². The molecule has 118 valence electrons. The molecule has 0 bridgehead atoms. The van der Waals surface area contributed by atoms with Crippen LogP contribution in [-0.4, -0.2) is 25.2 Å². The second kappa shape index (κ2) is 6.13. The van der Waals surface area contributed by atoms with Gasteiger partial charge in [-0.25, -0.2) is 13.1 Å². The van der Waals surface area contributed by atoms with E-state index in [2.05, 4.69) is 15.1 Å². The van der Waals surface area contributed by atoms with Crippen LogP contribution in [0.3, 0.4) is 0 Å². The standard InChI is InChI=1S/C16H16N4O2S/c1-17-13-7-9-15(10-8-13)23(21,22)19-16-11-12-18-20(16)14-5-3-2-4-6-14/h2-12,17,19H,1H3. The molecule has 2 aromatic carbocycles. The normalized spacial score (nSPS) is 11.2. The molecule has 0 aliphatic heterocycles. The lowest BCUT2D eigenvalue weighted by Gasteiger charge is -2.11. The van der Waals surface area contributed by atoms with E-state index in [4.69, 9.17) is 0 Å². The minimum atomic E-state index is -3.68. The van der Waals surface area contributed by atoms with Crippen LogP contribution >= 0.6 is 0 Å². The van der Waals surface area contributed by atoms with Gasteiger partial charge < -0.3 is 5.32 Å². The molecule has 0 unspecified atom stereocenters. The molecule has 6 nitrogen and oxygen atoms in total. The van der Waals surface area contributed by atoms with Gasteiger partial charge in [-0.2, -0.15) is 5.10 Å². The third kappa shape index (κ3) is 3.19. The Morgan fingerprint density at radius 1 is 0.957 bits per heavy atom. The molecule has 3 aromatic rings. The summed E-state index contributed by atoms with van der Waals surface area (Å²) in [7, 11) is -1.90. The minimum Gasteiger partial charge on any atom is -0.388 e. The van der Waals surface area contributed by atoms with Crippen LogP contribution < -0.4 is 10.0 Å². The Kier molecular flexibility index (Phi) is 4.03. The topological polar surface area (TPSA) is 76.0 Å². The van der Waals surface area contributed by atoms with E-state index >= 15 is 0 Å². The van der Waals surface area contributed by atoms with E-state index in [0.29, 0.717) is 5.82 Å². The molecule has 2 N–H and O–H groups in total. The van der Waals surface area contributed by atoms with E-state index in [1.807, 2.05) is 30.3 Å². The van der Waals surface area contributed by atoms with Crippen LogP contribution in [0.4, 0.5) is 11.5 Å². The van der Waals surface area contributed by atoms with Crippen molar-refractivity contribution in [2.75, 3.05) is 17.1 Å². The predicted molar refractivity (Wildman–Crippen MR) is 90.4 cm³/mol. The van der Waals surface area contributed by atoms with Gasteiger partial charge in [0, 0.05) is 18.8 Å². The van der Waals surface area contributed by atoms with Crippen LogP contribution in [0, 0.1) is 0 Å². The average Bonchev–Trinajstić information content (AvgIpc) is 3.03. The molecule has 1 aromatic heterocycles. The molecule has 0 atom stereocenters. The van der Waals surface area contributed by atoms with Crippen molar-refractivity contribution in [1.82, 2.24) is 9.78 Å². The quantitative estimate of drug-likeness (QED) is 0.755. The lowest BCUT2D eigenvalue weighted by molar-refractivity contribution is 0.600. The molecule has 0 saturated heterocycles. The number of nitrogens with zero attached hydrogens (tertiary/aromatic N) is 2. The number of anilines is 2. The third-order valence-electron chi connectivity index (χ3n) is 3.34. The van der Waals surface area contributed by atoms with Crippen LogP contribution in [0.1, 0.15) is 0 Å². The molecular formula is C16H16N4O2S. The molecular weight excluding hydrogens is 312 g/mol. The number of nitrogens with one attached hydrogen (secondary N) is 2. The summed E-state index contributed by atoms with van der Waals surface area (Å²) in [6.45, 7) is 0.